The fourth-order valence-electron chi connectivity index (χ4n) is 10.6. The number of pyridine rings is 2. The lowest BCUT2D eigenvalue weighted by molar-refractivity contribution is -0.0132. The first-order valence-electron chi connectivity index (χ1n) is 23.5. The molecule has 362 valence electrons. The summed E-state index contributed by atoms with van der Waals surface area (Å²) >= 11 is 0. The molecule has 0 bridgehead atoms. The van der Waals surface area contributed by atoms with Crippen molar-refractivity contribution in [2.24, 2.45) is 0 Å². The summed E-state index contributed by atoms with van der Waals surface area (Å²) in [6.45, 7) is 21.7. The number of rotatable bonds is 13. The van der Waals surface area contributed by atoms with Gasteiger partial charge >= 0.3 is 12.1 Å². The van der Waals surface area contributed by atoms with Gasteiger partial charge in [0.15, 0.2) is 12.6 Å². The number of hydrogen-bond acceptors (Lipinski definition) is 12. The van der Waals surface area contributed by atoms with Gasteiger partial charge in [-0.1, -0.05) is 59.6 Å². The molecule has 3 aliphatic heterocycles. The topological polar surface area (TPSA) is 133 Å². The van der Waals surface area contributed by atoms with E-state index in [-0.39, 0.29) is 94.4 Å². The lowest BCUT2D eigenvalue weighted by Crippen LogP contribution is -2.59. The van der Waals surface area contributed by atoms with Crippen molar-refractivity contribution in [1.82, 2.24) is 24.8 Å². The van der Waals surface area contributed by atoms with E-state index >= 15 is 8.78 Å². The molecule has 68 heavy (non-hydrogen) atoms. The minimum absolute atomic E-state index is 0.0389. The Morgan fingerprint density at radius 3 is 2.41 bits per heavy atom. The highest BCUT2D eigenvalue weighted by atomic mass is 28.3. The molecule has 3 aromatic heterocycles. The van der Waals surface area contributed by atoms with Gasteiger partial charge in [0.25, 0.3) is 0 Å². The molecule has 13 nitrogen and oxygen atoms in total. The highest BCUT2D eigenvalue weighted by Gasteiger charge is 2.53. The molecule has 2 saturated heterocycles. The summed E-state index contributed by atoms with van der Waals surface area (Å²) in [5.74, 6) is 2.81. The molecule has 2 aromatic carbocycles. The molecule has 3 atom stereocenters. The largest absolute Gasteiger partial charge is 0.475 e. The van der Waals surface area contributed by atoms with Crippen LogP contribution in [0.5, 0.6) is 17.6 Å². The zero-order chi connectivity index (χ0) is 48.9. The van der Waals surface area contributed by atoms with E-state index in [4.69, 9.17) is 38.6 Å². The summed E-state index contributed by atoms with van der Waals surface area (Å²) in [6, 6.07) is 9.23. The summed E-state index contributed by atoms with van der Waals surface area (Å²) in [4.78, 5) is 36.1. The summed E-state index contributed by atoms with van der Waals surface area (Å²) in [5.41, 5.74) is 3.79. The quantitative estimate of drug-likeness (QED) is 0.0684. The fraction of sp³-hybridized carbons (Fsp3) is 0.510. The number of halogens is 3. The number of amides is 1. The molecular weight excluding hydrogens is 892 g/mol. The molecule has 0 aliphatic carbocycles. The van der Waals surface area contributed by atoms with Gasteiger partial charge in [0, 0.05) is 49.3 Å². The van der Waals surface area contributed by atoms with Crippen molar-refractivity contribution >= 4 is 47.5 Å². The Kier molecular flexibility index (Phi) is 13.6. The Morgan fingerprint density at radius 2 is 1.75 bits per heavy atom. The second-order valence-electron chi connectivity index (χ2n) is 20.1. The average Bonchev–Trinajstić information content (AvgIpc) is 3.37. The molecule has 1 amide bonds. The normalized spacial score (nSPS) is 18.8. The van der Waals surface area contributed by atoms with E-state index in [1.807, 2.05) is 17.9 Å². The Morgan fingerprint density at radius 1 is 1.00 bits per heavy atom. The summed E-state index contributed by atoms with van der Waals surface area (Å²) in [7, 11) is -0.883. The number of anilines is 2. The zero-order valence-electron chi connectivity index (χ0n) is 40.9. The molecule has 17 heteroatoms. The maximum absolute atomic E-state index is 18.2. The van der Waals surface area contributed by atoms with E-state index in [9.17, 15) is 9.18 Å². The first-order chi connectivity index (χ1) is 32.3. The summed E-state index contributed by atoms with van der Waals surface area (Å²) in [5, 5.41) is 3.86. The fourth-order valence-corrected chi connectivity index (χ4v) is 15.8. The zero-order valence-corrected chi connectivity index (χ0v) is 41.9. The third-order valence-corrected chi connectivity index (χ3v) is 20.1. The molecular formula is C51H62F3N7O6Si. The number of methoxy groups -OCH3 is 1. The second kappa shape index (κ2) is 19.0. The predicted molar refractivity (Wildman–Crippen MR) is 260 cm³/mol. The molecule has 3 aliphatic rings. The molecule has 0 spiro atoms. The monoisotopic (exact) mass is 953 g/mol. The number of fused-ring (bicyclic) bond motifs is 2. The van der Waals surface area contributed by atoms with E-state index in [1.165, 1.54) is 13.2 Å². The number of aromatic nitrogens is 4. The maximum atomic E-state index is 18.2. The van der Waals surface area contributed by atoms with Gasteiger partial charge in [-0.3, -0.25) is 10.2 Å². The van der Waals surface area contributed by atoms with Gasteiger partial charge in [0.2, 0.25) is 5.88 Å². The molecule has 0 saturated carbocycles. The standard InChI is InChI=1S/C51H62F3N7O6Si/c1-29(2)68(30(3)4,31(5)6)22-16-37-39(53)15-14-33-23-35(66-28-63-11)24-38(40(33)37)43-42(54)44-41-46(59-48(57-44)65-27-51-17-19-60(51)26-34(52)25-51)61(20-21-64-47(41)56-43)32(7)36-13-12-18-55-45(36)58-49(62)67-50(8,9)10/h12-15,18,23-24,29-32,34H,17,19-21,25-28H2,1-11H3,(H,55,58,62)/t32-,34-,51+/m1/s1. The van der Waals surface area contributed by atoms with E-state index in [2.05, 4.69) is 68.2 Å². The van der Waals surface area contributed by atoms with Crippen molar-refractivity contribution in [2.75, 3.05) is 57.0 Å². The van der Waals surface area contributed by atoms with Crippen LogP contribution < -0.4 is 24.4 Å². The summed E-state index contributed by atoms with van der Waals surface area (Å²) in [6.07, 6.45) is 0.923. The van der Waals surface area contributed by atoms with Gasteiger partial charge in [-0.05, 0) is 80.4 Å². The molecule has 2 fully saturated rings. The van der Waals surface area contributed by atoms with E-state index in [1.54, 1.807) is 51.2 Å². The van der Waals surface area contributed by atoms with Crippen LogP contribution in [0.15, 0.2) is 42.6 Å². The lowest BCUT2D eigenvalue weighted by atomic mass is 9.86. The first kappa shape index (κ1) is 48.7. The average molecular weight is 954 g/mol. The van der Waals surface area contributed by atoms with Crippen LogP contribution in [0.4, 0.5) is 29.6 Å². The summed E-state index contributed by atoms with van der Waals surface area (Å²) < 4.78 is 79.0. The minimum atomic E-state index is -2.38. The van der Waals surface area contributed by atoms with Crippen LogP contribution in [0.2, 0.25) is 16.6 Å². The van der Waals surface area contributed by atoms with E-state index in [0.717, 1.165) is 13.0 Å². The number of nitrogens with zero attached hydrogens (tertiary/aromatic N) is 6. The predicted octanol–water partition coefficient (Wildman–Crippen LogP) is 10.9. The van der Waals surface area contributed by atoms with E-state index in [0.29, 0.717) is 35.1 Å². The third kappa shape index (κ3) is 9.14. The lowest BCUT2D eigenvalue weighted by Gasteiger charge is -2.47. The molecule has 0 radical (unpaired) electrons. The van der Waals surface area contributed by atoms with Crippen molar-refractivity contribution < 1.29 is 41.7 Å². The van der Waals surface area contributed by atoms with Crippen LogP contribution in [0.1, 0.15) is 99.2 Å². The van der Waals surface area contributed by atoms with Gasteiger partial charge in [0.05, 0.1) is 23.7 Å². The van der Waals surface area contributed by atoms with Crippen molar-refractivity contribution in [3.05, 3.63) is 65.4 Å². The highest BCUT2D eigenvalue weighted by molar-refractivity contribution is 6.90. The van der Waals surface area contributed by atoms with Crippen LogP contribution in [0.3, 0.4) is 0 Å². The van der Waals surface area contributed by atoms with Gasteiger partial charge in [0.1, 0.15) is 72.9 Å². The molecule has 0 unspecified atom stereocenters. The van der Waals surface area contributed by atoms with E-state index < -0.39 is 49.2 Å². The van der Waals surface area contributed by atoms with Crippen molar-refractivity contribution in [1.29, 1.82) is 0 Å². The second-order valence-corrected chi connectivity index (χ2v) is 25.7. The van der Waals surface area contributed by atoms with Crippen molar-refractivity contribution in [3.8, 4) is 40.4 Å². The van der Waals surface area contributed by atoms with Gasteiger partial charge < -0.3 is 28.6 Å². The number of hydrogen-bond donors (Lipinski definition) is 1. The minimum Gasteiger partial charge on any atom is -0.475 e. The smallest absolute Gasteiger partial charge is 0.413 e. The van der Waals surface area contributed by atoms with Crippen LogP contribution >= 0.6 is 0 Å². The SMILES string of the molecule is COCOc1cc(-c2nc3c4c(nc(OC[C@@]56CCN5C[C@H](F)C6)nc4c2F)N([C@H](C)c2cccnc2NC(=O)OC(C)(C)C)CCO3)c2c(C#C[Si](C(C)C)(C(C)C)C(C)C)c(F)ccc2c1. The first-order valence-corrected chi connectivity index (χ1v) is 25.7. The number of benzene rings is 2. The number of alkyl halides is 1. The van der Waals surface area contributed by atoms with Crippen LogP contribution in [0.25, 0.3) is 32.9 Å². The molecule has 8 rings (SSSR count). The number of nitrogens with one attached hydrogen (secondary N) is 1. The number of carbonyl (C=O) groups excluding carboxylic acids is 1. The van der Waals surface area contributed by atoms with Crippen LogP contribution in [-0.2, 0) is 9.47 Å². The maximum Gasteiger partial charge on any atom is 0.413 e. The number of carbonyl (C=O) groups is 1. The van der Waals surface area contributed by atoms with Crippen LogP contribution in [-0.4, -0.2) is 103 Å². The third-order valence-electron chi connectivity index (χ3n) is 13.8. The van der Waals surface area contributed by atoms with Gasteiger partial charge in [-0.25, -0.2) is 27.9 Å². The van der Waals surface area contributed by atoms with Gasteiger partial charge in [-0.2, -0.15) is 9.97 Å². The van der Waals surface area contributed by atoms with Crippen molar-refractivity contribution in [3.63, 3.8) is 0 Å². The van der Waals surface area contributed by atoms with Crippen LogP contribution in [0, 0.1) is 23.1 Å². The number of ether oxygens (including phenoxy) is 5. The van der Waals surface area contributed by atoms with Gasteiger partial charge in [-0.15, -0.1) is 5.54 Å². The Hall–Kier alpha value is -5.70. The Labute approximate surface area is 397 Å². The Balaban J connectivity index is 1.34. The molecule has 5 aromatic rings. The Bertz CT molecular complexity index is 2770. The molecule has 6 heterocycles. The highest BCUT2D eigenvalue weighted by Crippen LogP contribution is 2.47. The molecule has 1 N–H and O–H groups in total. The van der Waals surface area contributed by atoms with Crippen molar-refractivity contribution in [2.45, 2.75) is 122 Å².